The van der Waals surface area contributed by atoms with Crippen molar-refractivity contribution in [3.05, 3.63) is 23.3 Å². The Kier molecular flexibility index (Phi) is 6.62. The number of nitrogens with zero attached hydrogens (tertiary/aromatic N) is 2. The van der Waals surface area contributed by atoms with Gasteiger partial charge in [0.05, 0.1) is 5.69 Å². The molecule has 0 aliphatic heterocycles. The molecule has 1 saturated carbocycles. The van der Waals surface area contributed by atoms with Crippen molar-refractivity contribution < 1.29 is 0 Å². The Labute approximate surface area is 130 Å². The monoisotopic (exact) mass is 289 g/mol. The lowest BCUT2D eigenvalue weighted by Gasteiger charge is -2.19. The lowest BCUT2D eigenvalue weighted by molar-refractivity contribution is 0.440. The largest absolute Gasteiger partial charge is 0.311 e. The van der Waals surface area contributed by atoms with Crippen molar-refractivity contribution in [1.82, 2.24) is 15.3 Å². The van der Waals surface area contributed by atoms with Gasteiger partial charge in [0, 0.05) is 18.2 Å². The van der Waals surface area contributed by atoms with E-state index in [-0.39, 0.29) is 0 Å². The van der Waals surface area contributed by atoms with Gasteiger partial charge in [-0.3, -0.25) is 0 Å². The van der Waals surface area contributed by atoms with E-state index in [4.69, 9.17) is 9.97 Å². The number of nitrogens with one attached hydrogen (secondary N) is 1. The fraction of sp³-hybridized carbons (Fsp3) is 0.778. The Morgan fingerprint density at radius 2 is 1.76 bits per heavy atom. The summed E-state index contributed by atoms with van der Waals surface area (Å²) < 4.78 is 0. The molecule has 2 rings (SSSR count). The van der Waals surface area contributed by atoms with Crippen LogP contribution in [0.25, 0.3) is 0 Å². The summed E-state index contributed by atoms with van der Waals surface area (Å²) in [5.74, 6) is 2.35. The van der Waals surface area contributed by atoms with Crippen molar-refractivity contribution >= 4 is 0 Å². The molecule has 0 atom stereocenters. The van der Waals surface area contributed by atoms with Crippen molar-refractivity contribution in [3.63, 3.8) is 0 Å². The van der Waals surface area contributed by atoms with Gasteiger partial charge in [-0.25, -0.2) is 9.97 Å². The third kappa shape index (κ3) is 5.74. The minimum Gasteiger partial charge on any atom is -0.311 e. The Morgan fingerprint density at radius 3 is 2.43 bits per heavy atom. The first-order valence-corrected chi connectivity index (χ1v) is 8.70. The summed E-state index contributed by atoms with van der Waals surface area (Å²) in [5.41, 5.74) is 2.27. The zero-order valence-electron chi connectivity index (χ0n) is 14.0. The molecular formula is C18H31N3. The summed E-state index contributed by atoms with van der Waals surface area (Å²) >= 11 is 0. The van der Waals surface area contributed by atoms with Crippen molar-refractivity contribution in [3.8, 4) is 0 Å². The van der Waals surface area contributed by atoms with E-state index in [1.165, 1.54) is 44.9 Å². The fourth-order valence-corrected chi connectivity index (χ4v) is 3.13. The van der Waals surface area contributed by atoms with E-state index in [1.807, 2.05) is 0 Å². The van der Waals surface area contributed by atoms with Crippen LogP contribution in [0, 0.1) is 12.8 Å². The number of aryl methyl sites for hydroxylation is 1. The second-order valence-electron chi connectivity index (χ2n) is 6.93. The summed E-state index contributed by atoms with van der Waals surface area (Å²) in [6, 6.07) is 2.12. The van der Waals surface area contributed by atoms with Crippen molar-refractivity contribution in [2.24, 2.45) is 5.92 Å². The summed E-state index contributed by atoms with van der Waals surface area (Å²) in [4.78, 5) is 9.59. The minimum absolute atomic E-state index is 0.578. The highest BCUT2D eigenvalue weighted by atomic mass is 14.9. The summed E-state index contributed by atoms with van der Waals surface area (Å²) in [7, 11) is 0. The van der Waals surface area contributed by atoms with Crippen LogP contribution in [0.4, 0.5) is 0 Å². The molecule has 118 valence electrons. The highest BCUT2D eigenvalue weighted by Crippen LogP contribution is 2.29. The number of hydrogen-bond acceptors (Lipinski definition) is 3. The number of aromatic nitrogens is 2. The second-order valence-corrected chi connectivity index (χ2v) is 6.93. The molecule has 1 aromatic heterocycles. The maximum Gasteiger partial charge on any atom is 0.131 e. The van der Waals surface area contributed by atoms with Crippen molar-refractivity contribution in [1.29, 1.82) is 0 Å². The molecule has 1 aliphatic carbocycles. The van der Waals surface area contributed by atoms with Crippen LogP contribution < -0.4 is 5.32 Å². The Morgan fingerprint density at radius 1 is 1.10 bits per heavy atom. The van der Waals surface area contributed by atoms with Gasteiger partial charge < -0.3 is 5.32 Å². The van der Waals surface area contributed by atoms with Crippen LogP contribution in [-0.4, -0.2) is 16.5 Å². The van der Waals surface area contributed by atoms with Crippen LogP contribution in [-0.2, 0) is 6.54 Å². The first-order chi connectivity index (χ1) is 10.1. The van der Waals surface area contributed by atoms with Crippen LogP contribution in [0.1, 0.15) is 81.9 Å². The van der Waals surface area contributed by atoms with Crippen molar-refractivity contribution in [2.75, 3.05) is 6.54 Å². The summed E-state index contributed by atoms with van der Waals surface area (Å²) in [6.07, 6.45) is 9.37. The van der Waals surface area contributed by atoms with E-state index in [0.29, 0.717) is 11.8 Å². The van der Waals surface area contributed by atoms with Crippen LogP contribution >= 0.6 is 0 Å². The Balaban J connectivity index is 2.02. The van der Waals surface area contributed by atoms with E-state index in [2.05, 4.69) is 32.2 Å². The second kappa shape index (κ2) is 8.47. The van der Waals surface area contributed by atoms with E-state index in [9.17, 15) is 0 Å². The van der Waals surface area contributed by atoms with Gasteiger partial charge in [0.2, 0.25) is 0 Å². The molecule has 1 N–H and O–H groups in total. The smallest absolute Gasteiger partial charge is 0.131 e. The molecule has 21 heavy (non-hydrogen) atoms. The molecule has 3 heteroatoms. The number of hydrogen-bond donors (Lipinski definition) is 1. The molecule has 1 aliphatic rings. The highest BCUT2D eigenvalue weighted by Gasteiger charge is 2.17. The lowest BCUT2D eigenvalue weighted by atomic mass is 9.90. The fourth-order valence-electron chi connectivity index (χ4n) is 3.13. The predicted molar refractivity (Wildman–Crippen MR) is 88.4 cm³/mol. The normalized spacial score (nSPS) is 17.7. The molecule has 0 spiro atoms. The van der Waals surface area contributed by atoms with Crippen LogP contribution in [0.5, 0.6) is 0 Å². The molecule has 0 amide bonds. The Bertz CT molecular complexity index is 420. The first-order valence-electron chi connectivity index (χ1n) is 8.70. The molecule has 0 aromatic carbocycles. The molecule has 3 nitrogen and oxygen atoms in total. The molecule has 0 saturated heterocycles. The number of rotatable bonds is 5. The first kappa shape index (κ1) is 16.4. The van der Waals surface area contributed by atoms with E-state index in [0.717, 1.165) is 30.3 Å². The minimum atomic E-state index is 0.578. The summed E-state index contributed by atoms with van der Waals surface area (Å²) in [5, 5.41) is 3.49. The van der Waals surface area contributed by atoms with E-state index in [1.54, 1.807) is 0 Å². The van der Waals surface area contributed by atoms with Crippen LogP contribution in [0.2, 0.25) is 0 Å². The molecule has 0 unspecified atom stereocenters. The van der Waals surface area contributed by atoms with Crippen molar-refractivity contribution in [2.45, 2.75) is 78.2 Å². The van der Waals surface area contributed by atoms with Crippen LogP contribution in [0.3, 0.4) is 0 Å². The van der Waals surface area contributed by atoms with Gasteiger partial charge in [0.25, 0.3) is 0 Å². The van der Waals surface area contributed by atoms with Gasteiger partial charge in [-0.1, -0.05) is 46.0 Å². The van der Waals surface area contributed by atoms with Crippen LogP contribution in [0.15, 0.2) is 6.07 Å². The van der Waals surface area contributed by atoms with Gasteiger partial charge in [-0.2, -0.15) is 0 Å². The van der Waals surface area contributed by atoms with Gasteiger partial charge in [-0.15, -0.1) is 0 Å². The lowest BCUT2D eigenvalue weighted by Crippen LogP contribution is -2.20. The molecule has 0 bridgehead atoms. The zero-order chi connectivity index (χ0) is 15.1. The third-order valence-electron chi connectivity index (χ3n) is 4.25. The topological polar surface area (TPSA) is 37.8 Å². The average molecular weight is 289 g/mol. The standard InChI is InChI=1S/C18H31N3/c1-14(2)12-19-13-17-11-15(3)20-18(21-17)16-9-7-5-4-6-8-10-16/h11,14,16,19H,4-10,12-13H2,1-3H3. The maximum atomic E-state index is 4.85. The van der Waals surface area contributed by atoms with Gasteiger partial charge >= 0.3 is 0 Å². The van der Waals surface area contributed by atoms with E-state index >= 15 is 0 Å². The maximum absolute atomic E-state index is 4.85. The molecular weight excluding hydrogens is 258 g/mol. The molecule has 0 radical (unpaired) electrons. The Hall–Kier alpha value is -0.960. The zero-order valence-corrected chi connectivity index (χ0v) is 14.0. The van der Waals surface area contributed by atoms with Gasteiger partial charge in [-0.05, 0) is 38.3 Å². The van der Waals surface area contributed by atoms with E-state index < -0.39 is 0 Å². The van der Waals surface area contributed by atoms with Gasteiger partial charge in [0.15, 0.2) is 0 Å². The predicted octanol–water partition coefficient (Wildman–Crippen LogP) is 4.36. The SMILES string of the molecule is Cc1cc(CNCC(C)C)nc(C2CCCCCCC2)n1. The van der Waals surface area contributed by atoms with Gasteiger partial charge in [0.1, 0.15) is 5.82 Å². The molecule has 1 heterocycles. The molecule has 1 aromatic rings. The summed E-state index contributed by atoms with van der Waals surface area (Å²) in [6.45, 7) is 8.47. The average Bonchev–Trinajstić information content (AvgIpc) is 2.37. The third-order valence-corrected chi connectivity index (χ3v) is 4.25. The molecule has 1 fully saturated rings. The highest BCUT2D eigenvalue weighted by molar-refractivity contribution is 5.12. The quantitative estimate of drug-likeness (QED) is 0.875.